The number of para-hydroxylation sites is 2. The van der Waals surface area contributed by atoms with Crippen molar-refractivity contribution in [1.29, 1.82) is 0 Å². The van der Waals surface area contributed by atoms with Gasteiger partial charge in [0.1, 0.15) is 11.5 Å². The van der Waals surface area contributed by atoms with Crippen molar-refractivity contribution in [3.63, 3.8) is 0 Å². The third-order valence-corrected chi connectivity index (χ3v) is 4.88. The van der Waals surface area contributed by atoms with Gasteiger partial charge in [0, 0.05) is 33.6 Å². The molecule has 5 nitrogen and oxygen atoms in total. The van der Waals surface area contributed by atoms with E-state index in [9.17, 15) is 9.59 Å². The van der Waals surface area contributed by atoms with Crippen LogP contribution < -0.4 is 16.2 Å². The van der Waals surface area contributed by atoms with E-state index in [1.54, 1.807) is 97.1 Å². The van der Waals surface area contributed by atoms with E-state index in [0.717, 1.165) is 0 Å². The molecule has 0 aliphatic rings. The van der Waals surface area contributed by atoms with Crippen LogP contribution in [0.15, 0.2) is 97.1 Å². The summed E-state index contributed by atoms with van der Waals surface area (Å²) in [5.74, 6) is 0.855. The van der Waals surface area contributed by atoms with Crippen LogP contribution in [-0.4, -0.2) is 11.6 Å². The van der Waals surface area contributed by atoms with Crippen LogP contribution in [0.5, 0.6) is 11.5 Å². The van der Waals surface area contributed by atoms with Gasteiger partial charge >= 0.3 is 0 Å². The Hall–Kier alpha value is -4.38. The molecule has 0 radical (unpaired) electrons. The fourth-order valence-corrected chi connectivity index (χ4v) is 3.20. The number of ether oxygens (including phenoxy) is 1. The summed E-state index contributed by atoms with van der Waals surface area (Å²) >= 11 is 0. The number of anilines is 2. The second-order valence-electron chi connectivity index (χ2n) is 6.98. The number of rotatable bonds is 6. The number of hydrogen-bond donors (Lipinski definition) is 2. The van der Waals surface area contributed by atoms with Crippen molar-refractivity contribution in [2.75, 3.05) is 11.5 Å². The lowest BCUT2D eigenvalue weighted by atomic mass is 10.0. The van der Waals surface area contributed by atoms with Crippen LogP contribution >= 0.6 is 0 Å². The average Bonchev–Trinajstić information content (AvgIpc) is 2.80. The van der Waals surface area contributed by atoms with E-state index < -0.39 is 0 Å². The van der Waals surface area contributed by atoms with Gasteiger partial charge in [0.2, 0.25) is 0 Å². The van der Waals surface area contributed by atoms with Gasteiger partial charge in [0.05, 0.1) is 0 Å². The molecule has 0 saturated carbocycles. The van der Waals surface area contributed by atoms with E-state index in [1.807, 2.05) is 0 Å². The molecule has 4 rings (SSSR count). The van der Waals surface area contributed by atoms with Crippen LogP contribution in [-0.2, 0) is 0 Å². The van der Waals surface area contributed by atoms with E-state index in [1.165, 1.54) is 0 Å². The monoisotopic (exact) mass is 408 g/mol. The summed E-state index contributed by atoms with van der Waals surface area (Å²) < 4.78 is 5.83. The first-order valence-electron chi connectivity index (χ1n) is 9.69. The van der Waals surface area contributed by atoms with Crippen molar-refractivity contribution in [3.05, 3.63) is 119 Å². The Kier molecular flexibility index (Phi) is 5.49. The lowest BCUT2D eigenvalue weighted by Gasteiger charge is -2.09. The maximum Gasteiger partial charge on any atom is 0.195 e. The highest BCUT2D eigenvalue weighted by Crippen LogP contribution is 2.25. The zero-order valence-corrected chi connectivity index (χ0v) is 16.6. The van der Waals surface area contributed by atoms with Gasteiger partial charge < -0.3 is 16.2 Å². The molecule has 0 aliphatic carbocycles. The molecule has 0 bridgehead atoms. The Morgan fingerprint density at radius 2 is 0.871 bits per heavy atom. The molecule has 31 heavy (non-hydrogen) atoms. The van der Waals surface area contributed by atoms with Crippen LogP contribution in [0.3, 0.4) is 0 Å². The van der Waals surface area contributed by atoms with Crippen LogP contribution in [0.4, 0.5) is 11.4 Å². The van der Waals surface area contributed by atoms with Crippen LogP contribution in [0.2, 0.25) is 0 Å². The molecule has 4 aromatic rings. The Morgan fingerprint density at radius 1 is 0.516 bits per heavy atom. The van der Waals surface area contributed by atoms with Crippen LogP contribution in [0.25, 0.3) is 0 Å². The molecule has 4 aromatic carbocycles. The zero-order valence-electron chi connectivity index (χ0n) is 16.6. The summed E-state index contributed by atoms with van der Waals surface area (Å²) in [6.45, 7) is 0. The van der Waals surface area contributed by atoms with Gasteiger partial charge in [-0.05, 0) is 72.8 Å². The van der Waals surface area contributed by atoms with E-state index in [0.29, 0.717) is 45.1 Å². The lowest BCUT2D eigenvalue weighted by molar-refractivity contribution is 0.103. The van der Waals surface area contributed by atoms with Gasteiger partial charge in [-0.3, -0.25) is 9.59 Å². The number of hydrogen-bond acceptors (Lipinski definition) is 5. The maximum absolute atomic E-state index is 12.6. The summed E-state index contributed by atoms with van der Waals surface area (Å²) in [5, 5.41) is 0. The summed E-state index contributed by atoms with van der Waals surface area (Å²) in [6, 6.07) is 27.6. The third-order valence-electron chi connectivity index (χ3n) is 4.88. The molecule has 0 saturated heterocycles. The fraction of sp³-hybridized carbons (Fsp3) is 0. The summed E-state index contributed by atoms with van der Waals surface area (Å²) in [4.78, 5) is 25.2. The molecule has 0 aliphatic heterocycles. The number of nitrogens with two attached hydrogens (primary N) is 2. The number of ketones is 2. The van der Waals surface area contributed by atoms with Gasteiger partial charge in [-0.15, -0.1) is 0 Å². The molecular formula is C26H20N2O3. The summed E-state index contributed by atoms with van der Waals surface area (Å²) in [5.41, 5.74) is 14.7. The van der Waals surface area contributed by atoms with Crippen molar-refractivity contribution < 1.29 is 14.3 Å². The van der Waals surface area contributed by atoms with Crippen molar-refractivity contribution >= 4 is 22.9 Å². The molecule has 0 atom stereocenters. The molecule has 0 aromatic heterocycles. The first kappa shape index (κ1) is 19.9. The van der Waals surface area contributed by atoms with E-state index in [2.05, 4.69) is 0 Å². The van der Waals surface area contributed by atoms with Crippen LogP contribution in [0.1, 0.15) is 31.8 Å². The highest BCUT2D eigenvalue weighted by atomic mass is 16.5. The number of carbonyl (C=O) groups excluding carboxylic acids is 2. The number of benzene rings is 4. The van der Waals surface area contributed by atoms with E-state index in [-0.39, 0.29) is 11.6 Å². The van der Waals surface area contributed by atoms with Gasteiger partial charge in [0.15, 0.2) is 11.6 Å². The topological polar surface area (TPSA) is 95.4 Å². The standard InChI is InChI=1S/C26H20N2O3/c27-23-7-3-1-5-21(23)25(29)17-9-13-19(14-10-17)31-20-15-11-18(12-16-20)26(30)22-6-2-4-8-24(22)28/h1-16H,27-28H2. The van der Waals surface area contributed by atoms with Gasteiger partial charge in [-0.2, -0.15) is 0 Å². The van der Waals surface area contributed by atoms with Gasteiger partial charge in [-0.25, -0.2) is 0 Å². The third kappa shape index (κ3) is 4.31. The molecule has 5 heteroatoms. The first-order chi connectivity index (χ1) is 15.0. The SMILES string of the molecule is Nc1ccccc1C(=O)c1ccc(Oc2ccc(C(=O)c3ccccc3N)cc2)cc1. The average molecular weight is 408 g/mol. The Labute approximate surface area is 179 Å². The summed E-state index contributed by atoms with van der Waals surface area (Å²) in [7, 11) is 0. The van der Waals surface area contributed by atoms with Crippen molar-refractivity contribution in [1.82, 2.24) is 0 Å². The highest BCUT2D eigenvalue weighted by Gasteiger charge is 2.13. The highest BCUT2D eigenvalue weighted by molar-refractivity contribution is 6.12. The Balaban J connectivity index is 1.46. The first-order valence-corrected chi connectivity index (χ1v) is 9.69. The predicted octanol–water partition coefficient (Wildman–Crippen LogP) is 5.11. The molecule has 0 heterocycles. The Morgan fingerprint density at radius 3 is 1.23 bits per heavy atom. The van der Waals surface area contributed by atoms with E-state index >= 15 is 0 Å². The van der Waals surface area contributed by atoms with Gasteiger partial charge in [-0.1, -0.05) is 24.3 Å². The smallest absolute Gasteiger partial charge is 0.195 e. The number of nitrogen functional groups attached to an aromatic ring is 2. The second kappa shape index (κ2) is 8.55. The Bertz CT molecular complexity index is 1150. The normalized spacial score (nSPS) is 10.5. The molecule has 0 unspecified atom stereocenters. The summed E-state index contributed by atoms with van der Waals surface area (Å²) in [6.07, 6.45) is 0. The van der Waals surface area contributed by atoms with Crippen molar-refractivity contribution in [3.8, 4) is 11.5 Å². The van der Waals surface area contributed by atoms with Crippen LogP contribution in [0, 0.1) is 0 Å². The van der Waals surface area contributed by atoms with Crippen molar-refractivity contribution in [2.45, 2.75) is 0 Å². The molecule has 0 fully saturated rings. The minimum atomic E-state index is -0.146. The number of carbonyl (C=O) groups is 2. The minimum Gasteiger partial charge on any atom is -0.457 e. The predicted molar refractivity (Wildman–Crippen MR) is 122 cm³/mol. The minimum absolute atomic E-state index is 0.146. The van der Waals surface area contributed by atoms with E-state index in [4.69, 9.17) is 16.2 Å². The quantitative estimate of drug-likeness (QED) is 0.342. The molecule has 0 amide bonds. The molecule has 4 N–H and O–H groups in total. The lowest BCUT2D eigenvalue weighted by Crippen LogP contribution is -2.05. The molecular weight excluding hydrogens is 388 g/mol. The van der Waals surface area contributed by atoms with Gasteiger partial charge in [0.25, 0.3) is 0 Å². The maximum atomic E-state index is 12.6. The molecule has 0 spiro atoms. The second-order valence-corrected chi connectivity index (χ2v) is 6.98. The van der Waals surface area contributed by atoms with Crippen molar-refractivity contribution in [2.24, 2.45) is 0 Å². The molecule has 152 valence electrons. The fourth-order valence-electron chi connectivity index (χ4n) is 3.20. The largest absolute Gasteiger partial charge is 0.457 e. The zero-order chi connectivity index (χ0) is 21.8.